The van der Waals surface area contributed by atoms with Crippen LogP contribution in [-0.4, -0.2) is 17.0 Å². The van der Waals surface area contributed by atoms with E-state index in [1.807, 2.05) is 26.8 Å². The summed E-state index contributed by atoms with van der Waals surface area (Å²) in [4.78, 5) is 11.9. The molecular formula is C15H22O2. The molecule has 0 radical (unpaired) electrons. The minimum Gasteiger partial charge on any atom is -0.388 e. The number of allylic oxidation sites excluding steroid dienone is 2. The Morgan fingerprint density at radius 1 is 1.53 bits per heavy atom. The monoisotopic (exact) mass is 234 g/mol. The number of ketones is 1. The predicted octanol–water partition coefficient (Wildman–Crippen LogP) is 3.19. The molecule has 1 rings (SSSR count). The van der Waals surface area contributed by atoms with Crippen LogP contribution in [0.1, 0.15) is 40.0 Å². The largest absolute Gasteiger partial charge is 0.388 e. The predicted molar refractivity (Wildman–Crippen MR) is 70.7 cm³/mol. The van der Waals surface area contributed by atoms with E-state index in [-0.39, 0.29) is 5.78 Å². The van der Waals surface area contributed by atoms with Crippen LogP contribution in [0.3, 0.4) is 0 Å². The minimum absolute atomic E-state index is 0.204. The van der Waals surface area contributed by atoms with Gasteiger partial charge in [-0.25, -0.2) is 0 Å². The van der Waals surface area contributed by atoms with Crippen molar-refractivity contribution in [2.75, 3.05) is 0 Å². The zero-order valence-corrected chi connectivity index (χ0v) is 11.0. The summed E-state index contributed by atoms with van der Waals surface area (Å²) in [6.07, 6.45) is 3.13. The van der Waals surface area contributed by atoms with Gasteiger partial charge in [0.05, 0.1) is 6.10 Å². The maximum absolute atomic E-state index is 11.9. The van der Waals surface area contributed by atoms with Gasteiger partial charge in [-0.05, 0) is 38.3 Å². The van der Waals surface area contributed by atoms with Crippen molar-refractivity contribution in [2.24, 2.45) is 5.41 Å². The van der Waals surface area contributed by atoms with Gasteiger partial charge < -0.3 is 5.11 Å². The summed E-state index contributed by atoms with van der Waals surface area (Å²) in [5.41, 5.74) is 2.00. The number of hydrogen-bond acceptors (Lipinski definition) is 2. The average molecular weight is 234 g/mol. The van der Waals surface area contributed by atoms with Crippen LogP contribution in [-0.2, 0) is 4.79 Å². The van der Waals surface area contributed by atoms with E-state index < -0.39 is 11.5 Å². The highest BCUT2D eigenvalue weighted by molar-refractivity contribution is 5.88. The molecule has 0 saturated carbocycles. The van der Waals surface area contributed by atoms with Crippen molar-refractivity contribution in [1.29, 1.82) is 0 Å². The minimum atomic E-state index is -0.626. The van der Waals surface area contributed by atoms with Crippen LogP contribution in [0.4, 0.5) is 0 Å². The topological polar surface area (TPSA) is 37.3 Å². The van der Waals surface area contributed by atoms with E-state index in [4.69, 9.17) is 0 Å². The van der Waals surface area contributed by atoms with Crippen molar-refractivity contribution in [3.05, 3.63) is 36.0 Å². The van der Waals surface area contributed by atoms with Crippen LogP contribution >= 0.6 is 0 Å². The second-order valence-corrected chi connectivity index (χ2v) is 5.35. The van der Waals surface area contributed by atoms with Crippen LogP contribution in [0.2, 0.25) is 0 Å². The Hall–Kier alpha value is -1.15. The van der Waals surface area contributed by atoms with Crippen LogP contribution < -0.4 is 0 Å². The number of rotatable bonds is 4. The molecule has 2 heteroatoms. The number of hydrogen-bond donors (Lipinski definition) is 1. The molecule has 0 spiro atoms. The smallest absolute Gasteiger partial charge is 0.142 e. The summed E-state index contributed by atoms with van der Waals surface area (Å²) in [6, 6.07) is 0. The third-order valence-electron chi connectivity index (χ3n) is 3.56. The fraction of sp³-hybridized carbons (Fsp3) is 0.533. The van der Waals surface area contributed by atoms with Crippen LogP contribution in [0.5, 0.6) is 0 Å². The molecule has 17 heavy (non-hydrogen) atoms. The third kappa shape index (κ3) is 2.95. The third-order valence-corrected chi connectivity index (χ3v) is 3.56. The summed E-state index contributed by atoms with van der Waals surface area (Å²) >= 11 is 0. The highest BCUT2D eigenvalue weighted by atomic mass is 16.3. The van der Waals surface area contributed by atoms with Crippen LogP contribution in [0, 0.1) is 5.41 Å². The SMILES string of the molecule is C=C(C)C(=C)CC(O)C1=CCCC(=O)C1(C)C. The molecule has 1 aliphatic rings. The average Bonchev–Trinajstić information content (AvgIpc) is 2.21. The molecule has 0 amide bonds. The van der Waals surface area contributed by atoms with Crippen molar-refractivity contribution in [1.82, 2.24) is 0 Å². The lowest BCUT2D eigenvalue weighted by Gasteiger charge is -2.33. The van der Waals surface area contributed by atoms with Crippen molar-refractivity contribution in [3.8, 4) is 0 Å². The summed E-state index contributed by atoms with van der Waals surface area (Å²) in [6.45, 7) is 13.3. The van der Waals surface area contributed by atoms with Gasteiger partial charge in [0.2, 0.25) is 0 Å². The molecule has 0 saturated heterocycles. The molecule has 0 aliphatic heterocycles. The maximum atomic E-state index is 11.9. The highest BCUT2D eigenvalue weighted by Gasteiger charge is 2.36. The first-order valence-electron chi connectivity index (χ1n) is 6.02. The van der Waals surface area contributed by atoms with E-state index in [1.54, 1.807) is 0 Å². The molecule has 1 aliphatic carbocycles. The van der Waals surface area contributed by atoms with Crippen LogP contribution in [0.25, 0.3) is 0 Å². The van der Waals surface area contributed by atoms with E-state index in [2.05, 4.69) is 13.2 Å². The van der Waals surface area contributed by atoms with Gasteiger partial charge in [-0.2, -0.15) is 0 Å². The van der Waals surface area contributed by atoms with E-state index >= 15 is 0 Å². The van der Waals surface area contributed by atoms with Gasteiger partial charge in [-0.15, -0.1) is 0 Å². The Morgan fingerprint density at radius 2 is 2.12 bits per heavy atom. The Bertz CT molecular complexity index is 386. The zero-order valence-electron chi connectivity index (χ0n) is 11.0. The first-order valence-corrected chi connectivity index (χ1v) is 6.02. The van der Waals surface area contributed by atoms with E-state index in [0.29, 0.717) is 12.8 Å². The zero-order chi connectivity index (χ0) is 13.2. The Labute approximate surface area is 104 Å². The number of carbonyl (C=O) groups is 1. The summed E-state index contributed by atoms with van der Waals surface area (Å²) in [5, 5.41) is 10.2. The second kappa shape index (κ2) is 5.01. The first-order chi connectivity index (χ1) is 7.76. The molecule has 0 aromatic rings. The molecule has 0 heterocycles. The number of aliphatic hydroxyl groups excluding tert-OH is 1. The van der Waals surface area contributed by atoms with Crippen LogP contribution in [0.15, 0.2) is 36.0 Å². The standard InChI is InChI=1S/C15H22O2/c1-10(2)11(3)9-13(16)12-7-6-8-14(17)15(12,4)5/h7,13,16H,1,3,6,8-9H2,2,4-5H3. The molecule has 0 bridgehead atoms. The van der Waals surface area contributed by atoms with E-state index in [1.165, 1.54) is 0 Å². The lowest BCUT2D eigenvalue weighted by atomic mass is 9.71. The number of Topliss-reactive ketones (excluding diaryl/α,β-unsaturated/α-hetero) is 1. The highest BCUT2D eigenvalue weighted by Crippen LogP contribution is 2.37. The molecule has 0 fully saturated rings. The Balaban J connectivity index is 2.85. The van der Waals surface area contributed by atoms with Crippen molar-refractivity contribution in [2.45, 2.75) is 46.1 Å². The van der Waals surface area contributed by atoms with E-state index in [9.17, 15) is 9.90 Å². The van der Waals surface area contributed by atoms with Gasteiger partial charge in [0.25, 0.3) is 0 Å². The van der Waals surface area contributed by atoms with Gasteiger partial charge in [-0.3, -0.25) is 4.79 Å². The van der Waals surface area contributed by atoms with Gasteiger partial charge in [-0.1, -0.05) is 24.8 Å². The fourth-order valence-electron chi connectivity index (χ4n) is 2.16. The Kier molecular flexibility index (Phi) is 4.10. The van der Waals surface area contributed by atoms with E-state index in [0.717, 1.165) is 23.1 Å². The number of aliphatic hydroxyl groups is 1. The molecule has 2 nitrogen and oxygen atoms in total. The van der Waals surface area contributed by atoms with Gasteiger partial charge in [0.1, 0.15) is 5.78 Å². The van der Waals surface area contributed by atoms with Crippen molar-refractivity contribution < 1.29 is 9.90 Å². The summed E-state index contributed by atoms with van der Waals surface area (Å²) < 4.78 is 0. The van der Waals surface area contributed by atoms with Crippen molar-refractivity contribution >= 4 is 5.78 Å². The molecular weight excluding hydrogens is 212 g/mol. The van der Waals surface area contributed by atoms with Gasteiger partial charge in [0.15, 0.2) is 0 Å². The molecule has 1 N–H and O–H groups in total. The maximum Gasteiger partial charge on any atom is 0.142 e. The molecule has 94 valence electrons. The lowest BCUT2D eigenvalue weighted by molar-refractivity contribution is -0.126. The van der Waals surface area contributed by atoms with Gasteiger partial charge >= 0.3 is 0 Å². The summed E-state index contributed by atoms with van der Waals surface area (Å²) in [7, 11) is 0. The number of carbonyl (C=O) groups excluding carboxylic acids is 1. The summed E-state index contributed by atoms with van der Waals surface area (Å²) in [5.74, 6) is 0.204. The lowest BCUT2D eigenvalue weighted by Crippen LogP contribution is -2.35. The van der Waals surface area contributed by atoms with Gasteiger partial charge in [0, 0.05) is 18.3 Å². The molecule has 1 unspecified atom stereocenters. The normalized spacial score (nSPS) is 20.7. The quantitative estimate of drug-likeness (QED) is 0.599. The van der Waals surface area contributed by atoms with Crippen molar-refractivity contribution in [3.63, 3.8) is 0 Å². The Morgan fingerprint density at radius 3 is 2.65 bits per heavy atom. The molecule has 1 atom stereocenters. The first kappa shape index (κ1) is 13.9. The molecule has 0 aromatic heterocycles. The molecule has 0 aromatic carbocycles. The fourth-order valence-corrected chi connectivity index (χ4v) is 2.16. The second-order valence-electron chi connectivity index (χ2n) is 5.35.